The summed E-state index contributed by atoms with van der Waals surface area (Å²) in [5.74, 6) is 0.697. The van der Waals surface area contributed by atoms with Gasteiger partial charge in [-0.25, -0.2) is 4.98 Å². The van der Waals surface area contributed by atoms with Crippen molar-refractivity contribution in [1.29, 1.82) is 0 Å². The van der Waals surface area contributed by atoms with E-state index in [4.69, 9.17) is 4.74 Å². The van der Waals surface area contributed by atoms with Crippen LogP contribution in [0.25, 0.3) is 21.5 Å². The fraction of sp³-hybridized carbons (Fsp3) is 0.306. The second-order valence-corrected chi connectivity index (χ2v) is 12.2. The van der Waals surface area contributed by atoms with Crippen LogP contribution in [0, 0.1) is 0 Å². The molecule has 0 atom stereocenters. The minimum absolute atomic E-state index is 0.0963. The van der Waals surface area contributed by atoms with Gasteiger partial charge in [-0.05, 0) is 71.8 Å². The standard InChI is InChI=1S/C36H39N3O4S/c1-4-8-26(9-5-2)27-16-18-29(19-17-27)43-24-25-12-14-28(15-13-25)32-20-21-33(44-32)36(42)39(23-35(40)41)22-34-37-30-10-6-7-11-31(30)38(34)3/h6-7,10-21,26H,4-5,8-9,22-24H2,1-3H3,(H,40,41). The molecule has 8 heteroatoms. The van der Waals surface area contributed by atoms with Gasteiger partial charge >= 0.3 is 5.97 Å². The minimum atomic E-state index is -1.07. The molecule has 0 saturated carbocycles. The highest BCUT2D eigenvalue weighted by Gasteiger charge is 2.23. The number of para-hydroxylation sites is 2. The number of aliphatic carboxylic acids is 1. The van der Waals surface area contributed by atoms with Crippen LogP contribution in [0.15, 0.2) is 84.9 Å². The first-order valence-electron chi connectivity index (χ1n) is 15.2. The number of benzene rings is 3. The van der Waals surface area contributed by atoms with Crippen molar-refractivity contribution in [1.82, 2.24) is 14.5 Å². The maximum atomic E-state index is 13.5. The van der Waals surface area contributed by atoms with Crippen LogP contribution in [0.3, 0.4) is 0 Å². The topological polar surface area (TPSA) is 84.7 Å². The predicted octanol–water partition coefficient (Wildman–Crippen LogP) is 8.29. The molecule has 2 heterocycles. The third-order valence-corrected chi connectivity index (χ3v) is 9.03. The summed E-state index contributed by atoms with van der Waals surface area (Å²) in [5.41, 5.74) is 5.16. The summed E-state index contributed by atoms with van der Waals surface area (Å²) in [4.78, 5) is 32.5. The monoisotopic (exact) mass is 609 g/mol. The van der Waals surface area contributed by atoms with Crippen molar-refractivity contribution < 1.29 is 19.4 Å². The lowest BCUT2D eigenvalue weighted by Gasteiger charge is -2.19. The van der Waals surface area contributed by atoms with Crippen molar-refractivity contribution in [2.45, 2.75) is 58.6 Å². The zero-order valence-electron chi connectivity index (χ0n) is 25.5. The molecule has 5 aromatic rings. The van der Waals surface area contributed by atoms with Gasteiger partial charge in [-0.2, -0.15) is 0 Å². The lowest BCUT2D eigenvalue weighted by atomic mass is 9.90. The normalized spacial score (nSPS) is 11.3. The van der Waals surface area contributed by atoms with Gasteiger partial charge < -0.3 is 19.3 Å². The van der Waals surface area contributed by atoms with Crippen LogP contribution < -0.4 is 4.74 Å². The Morgan fingerprint density at radius 3 is 2.30 bits per heavy atom. The van der Waals surface area contributed by atoms with E-state index >= 15 is 0 Å². The number of carboxylic acids is 1. The lowest BCUT2D eigenvalue weighted by molar-refractivity contribution is -0.137. The molecule has 1 N–H and O–H groups in total. The van der Waals surface area contributed by atoms with Gasteiger partial charge in [-0.15, -0.1) is 11.3 Å². The van der Waals surface area contributed by atoms with Gasteiger partial charge in [0.25, 0.3) is 5.91 Å². The molecule has 0 fully saturated rings. The minimum Gasteiger partial charge on any atom is -0.489 e. The number of aryl methyl sites for hydroxylation is 1. The van der Waals surface area contributed by atoms with E-state index in [1.54, 1.807) is 6.07 Å². The fourth-order valence-corrected chi connectivity index (χ4v) is 6.56. The number of carboxylic acid groups (broad SMARTS) is 1. The van der Waals surface area contributed by atoms with Crippen LogP contribution in [0.4, 0.5) is 0 Å². The summed E-state index contributed by atoms with van der Waals surface area (Å²) in [6.07, 6.45) is 4.80. The SMILES string of the molecule is CCCC(CCC)c1ccc(OCc2ccc(-c3ccc(C(=O)N(CC(=O)O)Cc4nc5ccccc5n4C)s3)cc2)cc1. The summed E-state index contributed by atoms with van der Waals surface area (Å²) in [6.45, 7) is 4.63. The smallest absolute Gasteiger partial charge is 0.323 e. The third-order valence-electron chi connectivity index (χ3n) is 7.91. The molecule has 0 aliphatic rings. The molecule has 1 amide bonds. The number of amides is 1. The molecule has 0 spiro atoms. The van der Waals surface area contributed by atoms with E-state index in [0.717, 1.165) is 32.8 Å². The zero-order chi connectivity index (χ0) is 31.1. The number of thiophene rings is 1. The number of fused-ring (bicyclic) bond motifs is 1. The number of aromatic nitrogens is 2. The molecule has 2 aromatic heterocycles. The summed E-state index contributed by atoms with van der Waals surface area (Å²) in [6, 6.07) is 28.0. The van der Waals surface area contributed by atoms with Gasteiger partial charge in [0.1, 0.15) is 24.7 Å². The van der Waals surface area contributed by atoms with Gasteiger partial charge in [0.2, 0.25) is 0 Å². The highest BCUT2D eigenvalue weighted by atomic mass is 32.1. The van der Waals surface area contributed by atoms with Crippen molar-refractivity contribution in [3.05, 3.63) is 107 Å². The van der Waals surface area contributed by atoms with Gasteiger partial charge in [0, 0.05) is 11.9 Å². The maximum absolute atomic E-state index is 13.5. The largest absolute Gasteiger partial charge is 0.489 e. The molecule has 5 rings (SSSR count). The number of ether oxygens (including phenoxy) is 1. The highest BCUT2D eigenvalue weighted by molar-refractivity contribution is 7.17. The first-order valence-corrected chi connectivity index (χ1v) is 16.0. The second kappa shape index (κ2) is 14.4. The Morgan fingerprint density at radius 1 is 0.932 bits per heavy atom. The molecule has 7 nitrogen and oxygen atoms in total. The summed E-state index contributed by atoms with van der Waals surface area (Å²) in [7, 11) is 1.87. The van der Waals surface area contributed by atoms with E-state index in [1.807, 2.05) is 66.2 Å². The quantitative estimate of drug-likeness (QED) is 0.137. The van der Waals surface area contributed by atoms with E-state index in [9.17, 15) is 14.7 Å². The molecular formula is C36H39N3O4S. The molecule has 0 aliphatic carbocycles. The van der Waals surface area contributed by atoms with Crippen molar-refractivity contribution >= 4 is 34.2 Å². The number of carbonyl (C=O) groups is 2. The van der Waals surface area contributed by atoms with Gasteiger partial charge in [-0.3, -0.25) is 9.59 Å². The fourth-order valence-electron chi connectivity index (χ4n) is 5.58. The summed E-state index contributed by atoms with van der Waals surface area (Å²) in [5, 5.41) is 9.54. The van der Waals surface area contributed by atoms with E-state index < -0.39 is 12.5 Å². The number of carbonyl (C=O) groups excluding carboxylic acids is 1. The van der Waals surface area contributed by atoms with Crippen molar-refractivity contribution in [3.8, 4) is 16.2 Å². The first kappa shape index (κ1) is 31.0. The number of rotatable bonds is 14. The van der Waals surface area contributed by atoms with Crippen LogP contribution in [0.2, 0.25) is 0 Å². The van der Waals surface area contributed by atoms with Crippen molar-refractivity contribution in [3.63, 3.8) is 0 Å². The molecule has 44 heavy (non-hydrogen) atoms. The van der Waals surface area contributed by atoms with Crippen LogP contribution in [0.1, 0.15) is 72.1 Å². The average molecular weight is 610 g/mol. The average Bonchev–Trinajstić information content (AvgIpc) is 3.65. The number of hydrogen-bond donors (Lipinski definition) is 1. The number of nitrogens with zero attached hydrogens (tertiary/aromatic N) is 3. The van der Waals surface area contributed by atoms with E-state index in [1.165, 1.54) is 47.5 Å². The molecule has 0 aliphatic heterocycles. The van der Waals surface area contributed by atoms with Crippen molar-refractivity contribution in [2.24, 2.45) is 7.05 Å². The molecular weight excluding hydrogens is 570 g/mol. The van der Waals surface area contributed by atoms with Crippen LogP contribution in [0.5, 0.6) is 5.75 Å². The summed E-state index contributed by atoms with van der Waals surface area (Å²) < 4.78 is 7.96. The van der Waals surface area contributed by atoms with Gasteiger partial charge in [0.15, 0.2) is 0 Å². The molecule has 0 saturated heterocycles. The van der Waals surface area contributed by atoms with Crippen molar-refractivity contribution in [2.75, 3.05) is 6.54 Å². The Hall–Kier alpha value is -4.43. The highest BCUT2D eigenvalue weighted by Crippen LogP contribution is 2.31. The van der Waals surface area contributed by atoms with E-state index in [-0.39, 0.29) is 12.5 Å². The molecule has 0 unspecified atom stereocenters. The molecule has 0 bridgehead atoms. The zero-order valence-corrected chi connectivity index (χ0v) is 26.3. The maximum Gasteiger partial charge on any atom is 0.323 e. The lowest BCUT2D eigenvalue weighted by Crippen LogP contribution is -2.35. The van der Waals surface area contributed by atoms with E-state index in [2.05, 4.69) is 43.1 Å². The number of imidazole rings is 1. The molecule has 0 radical (unpaired) electrons. The molecule has 3 aromatic carbocycles. The van der Waals surface area contributed by atoms with Gasteiger partial charge in [0.05, 0.1) is 22.5 Å². The number of hydrogen-bond acceptors (Lipinski definition) is 5. The third kappa shape index (κ3) is 7.37. The molecule has 228 valence electrons. The van der Waals surface area contributed by atoms with E-state index in [0.29, 0.717) is 23.2 Å². The Balaban J connectivity index is 1.22. The second-order valence-electron chi connectivity index (χ2n) is 11.1. The first-order chi connectivity index (χ1) is 21.4. The Labute approximate surface area is 262 Å². The van der Waals surface area contributed by atoms with Crippen LogP contribution >= 0.6 is 11.3 Å². The Bertz CT molecular complexity index is 1700. The summed E-state index contributed by atoms with van der Waals surface area (Å²) >= 11 is 1.35. The van der Waals surface area contributed by atoms with Crippen LogP contribution in [-0.2, 0) is 25.0 Å². The van der Waals surface area contributed by atoms with Gasteiger partial charge in [-0.1, -0.05) is 75.2 Å². The Kier molecular flexibility index (Phi) is 10.1. The van der Waals surface area contributed by atoms with Crippen LogP contribution in [-0.4, -0.2) is 38.0 Å². The Morgan fingerprint density at radius 2 is 1.64 bits per heavy atom. The predicted molar refractivity (Wildman–Crippen MR) is 176 cm³/mol.